The predicted molar refractivity (Wildman–Crippen MR) is 46.0 cm³/mol. The van der Waals surface area contributed by atoms with Crippen molar-refractivity contribution in [3.8, 4) is 0 Å². The summed E-state index contributed by atoms with van der Waals surface area (Å²) in [5, 5.41) is 2.43. The van der Waals surface area contributed by atoms with E-state index in [1.54, 1.807) is 6.29 Å². The molecule has 1 fully saturated rings. The van der Waals surface area contributed by atoms with Gasteiger partial charge in [-0.25, -0.2) is 0 Å². The van der Waals surface area contributed by atoms with Gasteiger partial charge in [0.05, 0.1) is 26.3 Å². The third-order valence-electron chi connectivity index (χ3n) is 1.83. The molecule has 0 saturated carbocycles. The molecule has 0 unspecified atom stereocenters. The van der Waals surface area contributed by atoms with Gasteiger partial charge in [0.2, 0.25) is 12.2 Å². The molecule has 1 N–H and O–H groups in total. The van der Waals surface area contributed by atoms with Gasteiger partial charge >= 0.3 is 0 Å². The molecule has 1 rings (SSSR count). The molecule has 1 radical (unpaired) electrons. The van der Waals surface area contributed by atoms with Crippen molar-refractivity contribution in [1.29, 1.82) is 0 Å². The van der Waals surface area contributed by atoms with Gasteiger partial charge in [-0.2, -0.15) is 0 Å². The van der Waals surface area contributed by atoms with Gasteiger partial charge in [0.25, 0.3) is 0 Å². The van der Waals surface area contributed by atoms with E-state index in [2.05, 4.69) is 5.32 Å². The lowest BCUT2D eigenvalue weighted by Crippen LogP contribution is -2.43. The lowest BCUT2D eigenvalue weighted by atomic mass is 10.4. The second kappa shape index (κ2) is 5.66. The Kier molecular flexibility index (Phi) is 4.42. The molecule has 1 saturated heterocycles. The lowest BCUT2D eigenvalue weighted by Gasteiger charge is -2.25. The molecule has 0 aromatic carbocycles. The fraction of sp³-hybridized carbons (Fsp3) is 0.750. The summed E-state index contributed by atoms with van der Waals surface area (Å²) in [5.41, 5.74) is 0. The SMILES string of the molecule is O=[C]CNC(=O)CN1CCOCC1. The number of carbonyl (C=O) groups is 1. The van der Waals surface area contributed by atoms with E-state index in [0.29, 0.717) is 19.8 Å². The summed E-state index contributed by atoms with van der Waals surface area (Å²) < 4.78 is 5.13. The van der Waals surface area contributed by atoms with Crippen LogP contribution in [0.1, 0.15) is 0 Å². The second-order valence-corrected chi connectivity index (χ2v) is 2.81. The fourth-order valence-corrected chi connectivity index (χ4v) is 1.15. The Morgan fingerprint density at radius 3 is 2.77 bits per heavy atom. The number of carbonyl (C=O) groups excluding carboxylic acids is 2. The normalized spacial score (nSPS) is 18.2. The van der Waals surface area contributed by atoms with Crippen LogP contribution in [0, 0.1) is 0 Å². The molecule has 5 heteroatoms. The van der Waals surface area contributed by atoms with Gasteiger partial charge < -0.3 is 10.1 Å². The topological polar surface area (TPSA) is 58.6 Å². The van der Waals surface area contributed by atoms with Crippen molar-refractivity contribution >= 4 is 12.2 Å². The number of amides is 1. The first-order valence-corrected chi connectivity index (χ1v) is 4.24. The first-order valence-electron chi connectivity index (χ1n) is 4.24. The third kappa shape index (κ3) is 4.00. The van der Waals surface area contributed by atoms with Crippen LogP contribution in [0.2, 0.25) is 0 Å². The van der Waals surface area contributed by atoms with Crippen LogP contribution in [-0.2, 0) is 14.3 Å². The molecule has 73 valence electrons. The molecule has 1 aliphatic heterocycles. The number of ether oxygens (including phenoxy) is 1. The summed E-state index contributed by atoms with van der Waals surface area (Å²) in [6.07, 6.45) is 1.61. The van der Waals surface area contributed by atoms with Crippen molar-refractivity contribution < 1.29 is 14.3 Å². The van der Waals surface area contributed by atoms with Crippen LogP contribution in [0.15, 0.2) is 0 Å². The zero-order valence-electron chi connectivity index (χ0n) is 7.41. The minimum Gasteiger partial charge on any atom is -0.379 e. The van der Waals surface area contributed by atoms with Gasteiger partial charge in [-0.3, -0.25) is 14.5 Å². The first kappa shape index (κ1) is 10.1. The van der Waals surface area contributed by atoms with Crippen LogP contribution >= 0.6 is 0 Å². The van der Waals surface area contributed by atoms with Crippen LogP contribution in [0.3, 0.4) is 0 Å². The average molecular weight is 185 g/mol. The largest absolute Gasteiger partial charge is 0.379 e. The molecule has 0 aliphatic carbocycles. The number of nitrogens with zero attached hydrogens (tertiary/aromatic N) is 1. The fourth-order valence-electron chi connectivity index (χ4n) is 1.15. The van der Waals surface area contributed by atoms with E-state index in [1.165, 1.54) is 0 Å². The van der Waals surface area contributed by atoms with Crippen LogP contribution in [0.5, 0.6) is 0 Å². The zero-order valence-corrected chi connectivity index (χ0v) is 7.41. The smallest absolute Gasteiger partial charge is 0.234 e. The summed E-state index contributed by atoms with van der Waals surface area (Å²) in [7, 11) is 0. The van der Waals surface area contributed by atoms with Crippen LogP contribution in [0.25, 0.3) is 0 Å². The Labute approximate surface area is 77.0 Å². The van der Waals surface area contributed by atoms with Crippen LogP contribution < -0.4 is 5.32 Å². The minimum absolute atomic E-state index is 0.0246. The number of rotatable bonds is 4. The van der Waals surface area contributed by atoms with Crippen molar-refractivity contribution in [1.82, 2.24) is 10.2 Å². The summed E-state index contributed by atoms with van der Waals surface area (Å²) >= 11 is 0. The summed E-state index contributed by atoms with van der Waals surface area (Å²) in [6, 6.07) is 0. The van der Waals surface area contributed by atoms with E-state index in [9.17, 15) is 9.59 Å². The summed E-state index contributed by atoms with van der Waals surface area (Å²) in [6.45, 7) is 3.21. The maximum absolute atomic E-state index is 11.1. The molecule has 0 spiro atoms. The first-order chi connectivity index (χ1) is 6.33. The van der Waals surface area contributed by atoms with E-state index < -0.39 is 0 Å². The standard InChI is InChI=1S/C8H13N2O3/c11-4-1-9-8(12)7-10-2-5-13-6-3-10/h1-3,5-7H2,(H,9,12). The second-order valence-electron chi connectivity index (χ2n) is 2.81. The number of hydrogen-bond donors (Lipinski definition) is 1. The van der Waals surface area contributed by atoms with Crippen molar-refractivity contribution in [2.75, 3.05) is 39.4 Å². The monoisotopic (exact) mass is 185 g/mol. The molecule has 1 amide bonds. The molecular weight excluding hydrogens is 172 g/mol. The number of morpholine rings is 1. The van der Waals surface area contributed by atoms with Gasteiger partial charge in [0.15, 0.2) is 0 Å². The lowest BCUT2D eigenvalue weighted by molar-refractivity contribution is -0.122. The molecule has 5 nitrogen and oxygen atoms in total. The highest BCUT2D eigenvalue weighted by Crippen LogP contribution is 1.94. The van der Waals surface area contributed by atoms with Gasteiger partial charge in [-0.05, 0) is 0 Å². The Hall–Kier alpha value is -0.940. The van der Waals surface area contributed by atoms with Crippen molar-refractivity contribution in [3.05, 3.63) is 0 Å². The minimum atomic E-state index is -0.134. The Balaban J connectivity index is 2.14. The summed E-state index contributed by atoms with van der Waals surface area (Å²) in [4.78, 5) is 22.9. The number of hydrogen-bond acceptors (Lipinski definition) is 4. The maximum Gasteiger partial charge on any atom is 0.234 e. The highest BCUT2D eigenvalue weighted by molar-refractivity contribution is 5.80. The molecule has 0 aromatic heterocycles. The quantitative estimate of drug-likeness (QED) is 0.582. The van der Waals surface area contributed by atoms with Gasteiger partial charge in [-0.15, -0.1) is 0 Å². The van der Waals surface area contributed by atoms with Crippen molar-refractivity contribution in [2.24, 2.45) is 0 Å². The van der Waals surface area contributed by atoms with Gasteiger partial charge in [0, 0.05) is 13.1 Å². The summed E-state index contributed by atoms with van der Waals surface area (Å²) in [5.74, 6) is -0.134. The molecule has 1 aliphatic rings. The molecule has 13 heavy (non-hydrogen) atoms. The molecular formula is C8H13N2O3. The van der Waals surface area contributed by atoms with Crippen molar-refractivity contribution in [3.63, 3.8) is 0 Å². The average Bonchev–Trinajstić information content (AvgIpc) is 2.16. The molecule has 0 atom stereocenters. The van der Waals surface area contributed by atoms with E-state index in [1.807, 2.05) is 4.90 Å². The molecule has 0 aromatic rings. The van der Waals surface area contributed by atoms with E-state index in [0.717, 1.165) is 13.1 Å². The highest BCUT2D eigenvalue weighted by atomic mass is 16.5. The Morgan fingerprint density at radius 2 is 2.15 bits per heavy atom. The van der Waals surface area contributed by atoms with Crippen LogP contribution in [-0.4, -0.2) is 56.5 Å². The maximum atomic E-state index is 11.1. The van der Waals surface area contributed by atoms with E-state index in [-0.39, 0.29) is 12.5 Å². The van der Waals surface area contributed by atoms with E-state index in [4.69, 9.17) is 4.74 Å². The number of nitrogens with one attached hydrogen (secondary N) is 1. The van der Waals surface area contributed by atoms with E-state index >= 15 is 0 Å². The molecule has 0 bridgehead atoms. The third-order valence-corrected chi connectivity index (χ3v) is 1.83. The zero-order chi connectivity index (χ0) is 9.52. The van der Waals surface area contributed by atoms with Gasteiger partial charge in [-0.1, -0.05) is 0 Å². The molecule has 1 heterocycles. The van der Waals surface area contributed by atoms with Gasteiger partial charge in [0.1, 0.15) is 0 Å². The highest BCUT2D eigenvalue weighted by Gasteiger charge is 2.13. The Bertz CT molecular complexity index is 178. The van der Waals surface area contributed by atoms with Crippen molar-refractivity contribution in [2.45, 2.75) is 0 Å². The Morgan fingerprint density at radius 1 is 1.46 bits per heavy atom. The predicted octanol–water partition coefficient (Wildman–Crippen LogP) is -1.46. The van der Waals surface area contributed by atoms with Crippen LogP contribution in [0.4, 0.5) is 0 Å².